The number of carbonyl (C=O) groups is 2. The molecule has 0 saturated heterocycles. The molecule has 142 valence electrons. The average molecular weight is 370 g/mol. The molecule has 0 aromatic rings. The Labute approximate surface area is 141 Å². The highest BCUT2D eigenvalue weighted by molar-refractivity contribution is 7.46. The molecule has 0 aromatic carbocycles. The molecular weight excluding hydrogens is 343 g/mol. The number of unbranched alkanes of at least 4 members (excludes halogenated alkanes) is 3. The van der Waals surface area contributed by atoms with Crippen LogP contribution in [0.1, 0.15) is 51.4 Å². The standard InChI is InChI=1S/C14H27O9P/c15-9-6-11-22-13(16)7-2-1-4-10-21-14(17)8-3-5-12-23-24(18,19)20/h15H,1-12H2,(H2,18,19,20). The third kappa shape index (κ3) is 17.4. The molecule has 0 spiro atoms. The number of carbonyl (C=O) groups excluding carboxylic acids is 2. The van der Waals surface area contributed by atoms with Crippen LogP contribution >= 0.6 is 7.82 Å². The summed E-state index contributed by atoms with van der Waals surface area (Å²) in [4.78, 5) is 39.5. The minimum absolute atomic E-state index is 0.00462. The molecule has 0 aliphatic carbocycles. The second kappa shape index (κ2) is 14.4. The molecule has 0 aliphatic heterocycles. The second-order valence-electron chi connectivity index (χ2n) is 5.11. The monoisotopic (exact) mass is 370 g/mol. The van der Waals surface area contributed by atoms with E-state index in [2.05, 4.69) is 4.52 Å². The normalized spacial score (nSPS) is 11.3. The van der Waals surface area contributed by atoms with Crippen LogP contribution in [0.15, 0.2) is 0 Å². The van der Waals surface area contributed by atoms with E-state index >= 15 is 0 Å². The SMILES string of the molecule is O=C(CCCCCOC(=O)CCCCOP(=O)(O)O)OCCCO. The molecule has 0 radical (unpaired) electrons. The van der Waals surface area contributed by atoms with Gasteiger partial charge < -0.3 is 24.4 Å². The van der Waals surface area contributed by atoms with Crippen LogP contribution < -0.4 is 0 Å². The second-order valence-corrected chi connectivity index (χ2v) is 6.35. The maximum atomic E-state index is 11.4. The highest BCUT2D eigenvalue weighted by Gasteiger charge is 2.12. The Kier molecular flexibility index (Phi) is 13.8. The van der Waals surface area contributed by atoms with Crippen molar-refractivity contribution in [3.63, 3.8) is 0 Å². The summed E-state index contributed by atoms with van der Waals surface area (Å²) in [5.41, 5.74) is 0. The van der Waals surface area contributed by atoms with Crippen molar-refractivity contribution in [2.45, 2.75) is 51.4 Å². The lowest BCUT2D eigenvalue weighted by Gasteiger charge is -2.06. The zero-order valence-corrected chi connectivity index (χ0v) is 14.6. The van der Waals surface area contributed by atoms with Gasteiger partial charge in [0.2, 0.25) is 0 Å². The molecule has 0 aliphatic rings. The molecule has 24 heavy (non-hydrogen) atoms. The Bertz CT molecular complexity index is 394. The van der Waals surface area contributed by atoms with Crippen molar-refractivity contribution in [3.8, 4) is 0 Å². The zero-order valence-electron chi connectivity index (χ0n) is 13.7. The molecule has 0 bridgehead atoms. The Balaban J connectivity index is 3.37. The van der Waals surface area contributed by atoms with Gasteiger partial charge in [-0.2, -0.15) is 0 Å². The number of aliphatic hydroxyl groups is 1. The van der Waals surface area contributed by atoms with Crippen LogP contribution in [-0.2, 0) is 28.2 Å². The lowest BCUT2D eigenvalue weighted by molar-refractivity contribution is -0.145. The Morgan fingerprint density at radius 1 is 0.750 bits per heavy atom. The summed E-state index contributed by atoms with van der Waals surface area (Å²) in [5, 5.41) is 8.54. The number of hydrogen-bond acceptors (Lipinski definition) is 7. The number of phosphoric acid groups is 1. The van der Waals surface area contributed by atoms with Gasteiger partial charge in [0, 0.05) is 25.9 Å². The number of phosphoric ester groups is 1. The molecule has 0 atom stereocenters. The van der Waals surface area contributed by atoms with E-state index in [1.807, 2.05) is 0 Å². The minimum atomic E-state index is -4.43. The predicted octanol–water partition coefficient (Wildman–Crippen LogP) is 1.30. The molecule has 0 heterocycles. The van der Waals surface area contributed by atoms with E-state index in [1.165, 1.54) is 0 Å². The van der Waals surface area contributed by atoms with Crippen molar-refractivity contribution < 1.29 is 43.0 Å². The minimum Gasteiger partial charge on any atom is -0.466 e. The van der Waals surface area contributed by atoms with Crippen molar-refractivity contribution in [2.24, 2.45) is 0 Å². The van der Waals surface area contributed by atoms with E-state index in [-0.39, 0.29) is 44.8 Å². The van der Waals surface area contributed by atoms with Crippen LogP contribution in [0.2, 0.25) is 0 Å². The fourth-order valence-electron chi connectivity index (χ4n) is 1.68. The summed E-state index contributed by atoms with van der Waals surface area (Å²) in [6, 6.07) is 0. The summed E-state index contributed by atoms with van der Waals surface area (Å²) in [6.07, 6.45) is 3.73. The van der Waals surface area contributed by atoms with E-state index in [0.29, 0.717) is 38.5 Å². The molecule has 9 nitrogen and oxygen atoms in total. The molecule has 0 aromatic heterocycles. The fourth-order valence-corrected chi connectivity index (χ4v) is 2.05. The molecule has 0 unspecified atom stereocenters. The van der Waals surface area contributed by atoms with Gasteiger partial charge in [0.1, 0.15) is 0 Å². The first-order chi connectivity index (χ1) is 11.3. The van der Waals surface area contributed by atoms with Crippen molar-refractivity contribution in [1.29, 1.82) is 0 Å². The van der Waals surface area contributed by atoms with Gasteiger partial charge in [-0.1, -0.05) is 0 Å². The van der Waals surface area contributed by atoms with Gasteiger partial charge in [-0.05, 0) is 32.1 Å². The predicted molar refractivity (Wildman–Crippen MR) is 83.9 cm³/mol. The van der Waals surface area contributed by atoms with Gasteiger partial charge in [0.25, 0.3) is 0 Å². The van der Waals surface area contributed by atoms with Crippen molar-refractivity contribution in [1.82, 2.24) is 0 Å². The third-order valence-corrected chi connectivity index (χ3v) is 3.41. The molecule has 10 heteroatoms. The van der Waals surface area contributed by atoms with E-state index in [0.717, 1.165) is 6.42 Å². The number of esters is 2. The summed E-state index contributed by atoms with van der Waals surface area (Å²) < 4.78 is 24.5. The van der Waals surface area contributed by atoms with Gasteiger partial charge >= 0.3 is 19.8 Å². The Morgan fingerprint density at radius 3 is 1.79 bits per heavy atom. The van der Waals surface area contributed by atoms with Gasteiger partial charge in [0.15, 0.2) is 0 Å². The van der Waals surface area contributed by atoms with Crippen molar-refractivity contribution >= 4 is 19.8 Å². The zero-order chi connectivity index (χ0) is 18.3. The van der Waals surface area contributed by atoms with Crippen molar-refractivity contribution in [2.75, 3.05) is 26.4 Å². The highest BCUT2D eigenvalue weighted by Crippen LogP contribution is 2.35. The summed E-state index contributed by atoms with van der Waals surface area (Å²) in [5.74, 6) is -0.660. The smallest absolute Gasteiger partial charge is 0.466 e. The summed E-state index contributed by atoms with van der Waals surface area (Å²) in [6.45, 7) is 0.394. The quantitative estimate of drug-likeness (QED) is 0.221. The lowest BCUT2D eigenvalue weighted by Crippen LogP contribution is -2.08. The topological polar surface area (TPSA) is 140 Å². The van der Waals surface area contributed by atoms with Gasteiger partial charge in [-0.25, -0.2) is 4.57 Å². The van der Waals surface area contributed by atoms with Crippen LogP contribution in [0.4, 0.5) is 0 Å². The van der Waals surface area contributed by atoms with Gasteiger partial charge in [0.05, 0.1) is 19.8 Å². The third-order valence-electron chi connectivity index (χ3n) is 2.89. The summed E-state index contributed by atoms with van der Waals surface area (Å²) in [7, 11) is -4.43. The van der Waals surface area contributed by atoms with Crippen LogP contribution in [0, 0.1) is 0 Å². The van der Waals surface area contributed by atoms with Crippen molar-refractivity contribution in [3.05, 3.63) is 0 Å². The van der Waals surface area contributed by atoms with E-state index in [1.54, 1.807) is 0 Å². The first-order valence-electron chi connectivity index (χ1n) is 7.97. The first kappa shape index (κ1) is 23.0. The number of rotatable bonds is 15. The van der Waals surface area contributed by atoms with E-state index < -0.39 is 7.82 Å². The fraction of sp³-hybridized carbons (Fsp3) is 0.857. The summed E-state index contributed by atoms with van der Waals surface area (Å²) >= 11 is 0. The molecule has 3 N–H and O–H groups in total. The lowest BCUT2D eigenvalue weighted by atomic mass is 10.2. The van der Waals surface area contributed by atoms with E-state index in [4.69, 9.17) is 24.4 Å². The maximum Gasteiger partial charge on any atom is 0.469 e. The number of ether oxygens (including phenoxy) is 2. The number of aliphatic hydroxyl groups excluding tert-OH is 1. The van der Waals surface area contributed by atoms with Crippen LogP contribution in [0.5, 0.6) is 0 Å². The molecule has 0 amide bonds. The molecule has 0 fully saturated rings. The maximum absolute atomic E-state index is 11.4. The van der Waals surface area contributed by atoms with Gasteiger partial charge in [-0.3, -0.25) is 14.1 Å². The van der Waals surface area contributed by atoms with Gasteiger partial charge in [-0.15, -0.1) is 0 Å². The average Bonchev–Trinajstić information content (AvgIpc) is 2.49. The Morgan fingerprint density at radius 2 is 1.25 bits per heavy atom. The largest absolute Gasteiger partial charge is 0.469 e. The molecule has 0 rings (SSSR count). The van der Waals surface area contributed by atoms with Crippen LogP contribution in [0.3, 0.4) is 0 Å². The molecule has 0 saturated carbocycles. The Hall–Kier alpha value is -0.990. The molecular formula is C14H27O9P. The van der Waals surface area contributed by atoms with Crippen LogP contribution in [0.25, 0.3) is 0 Å². The number of hydrogen-bond donors (Lipinski definition) is 3. The first-order valence-corrected chi connectivity index (χ1v) is 9.50. The van der Waals surface area contributed by atoms with E-state index in [9.17, 15) is 14.2 Å². The highest BCUT2D eigenvalue weighted by atomic mass is 31.2. The van der Waals surface area contributed by atoms with Crippen LogP contribution in [-0.4, -0.2) is 53.3 Å².